The zero-order valence-electron chi connectivity index (χ0n) is 22.1. The Balaban J connectivity index is 1.47. The number of carbonyl (C=O) groups excluding carboxylic acids is 2. The Kier molecular flexibility index (Phi) is 8.06. The molecule has 8 nitrogen and oxygen atoms in total. The van der Waals surface area contributed by atoms with Crippen LogP contribution in [0.15, 0.2) is 47.4 Å². The molecule has 1 aliphatic carbocycles. The Labute approximate surface area is 220 Å². The first-order valence-corrected chi connectivity index (χ1v) is 14.4. The highest BCUT2D eigenvalue weighted by atomic mass is 32.2. The molecule has 4 rings (SSSR count). The normalized spacial score (nSPS) is 20.7. The molecule has 9 heteroatoms. The van der Waals surface area contributed by atoms with Crippen LogP contribution in [0.5, 0.6) is 0 Å². The summed E-state index contributed by atoms with van der Waals surface area (Å²) in [5.41, 5.74) is 4.49. The quantitative estimate of drug-likeness (QED) is 0.514. The average Bonchev–Trinajstić information content (AvgIpc) is 2.84. The third-order valence-corrected chi connectivity index (χ3v) is 8.89. The molecule has 0 unspecified atom stereocenters. The van der Waals surface area contributed by atoms with Crippen molar-refractivity contribution in [2.45, 2.75) is 82.4 Å². The van der Waals surface area contributed by atoms with Gasteiger partial charge >= 0.3 is 0 Å². The van der Waals surface area contributed by atoms with Crippen LogP contribution in [0.4, 0.5) is 0 Å². The van der Waals surface area contributed by atoms with Crippen LogP contribution < -0.4 is 16.0 Å². The molecule has 2 aliphatic rings. The molecule has 0 spiro atoms. The van der Waals surface area contributed by atoms with Gasteiger partial charge in [0.1, 0.15) is 6.04 Å². The fraction of sp³-hybridized carbons (Fsp3) is 0.500. The smallest absolute Gasteiger partial charge is 0.243 e. The number of rotatable bonds is 7. The van der Waals surface area contributed by atoms with Gasteiger partial charge in [-0.2, -0.15) is 4.31 Å². The fourth-order valence-corrected chi connectivity index (χ4v) is 6.53. The van der Waals surface area contributed by atoms with E-state index in [9.17, 15) is 18.0 Å². The van der Waals surface area contributed by atoms with E-state index in [0.717, 1.165) is 36.9 Å². The summed E-state index contributed by atoms with van der Waals surface area (Å²) in [5, 5.41) is 9.31. The van der Waals surface area contributed by atoms with Gasteiger partial charge in [-0.3, -0.25) is 9.59 Å². The zero-order valence-corrected chi connectivity index (χ0v) is 23.0. The molecule has 2 aromatic rings. The van der Waals surface area contributed by atoms with Crippen molar-refractivity contribution in [2.75, 3.05) is 13.1 Å². The van der Waals surface area contributed by atoms with Crippen molar-refractivity contribution in [1.29, 1.82) is 0 Å². The Bertz CT molecular complexity index is 1250. The van der Waals surface area contributed by atoms with E-state index >= 15 is 0 Å². The van der Waals surface area contributed by atoms with Crippen molar-refractivity contribution in [1.82, 2.24) is 20.3 Å². The lowest BCUT2D eigenvalue weighted by atomic mass is 9.86. The molecule has 2 atom stereocenters. The largest absolute Gasteiger partial charge is 0.353 e. The van der Waals surface area contributed by atoms with E-state index in [1.165, 1.54) is 15.4 Å². The number of sulfonamides is 1. The lowest BCUT2D eigenvalue weighted by Crippen LogP contribution is -2.58. The summed E-state index contributed by atoms with van der Waals surface area (Å²) in [6.07, 6.45) is 2.49. The van der Waals surface area contributed by atoms with E-state index in [1.807, 2.05) is 6.92 Å². The van der Waals surface area contributed by atoms with Crippen molar-refractivity contribution in [2.24, 2.45) is 0 Å². The second-order valence-electron chi connectivity index (χ2n) is 11.1. The number of hydrogen-bond acceptors (Lipinski definition) is 5. The van der Waals surface area contributed by atoms with Gasteiger partial charge in [-0.15, -0.1) is 0 Å². The first-order valence-electron chi connectivity index (χ1n) is 13.0. The Morgan fingerprint density at radius 3 is 2.57 bits per heavy atom. The summed E-state index contributed by atoms with van der Waals surface area (Å²) in [6.45, 7) is 9.40. The third kappa shape index (κ3) is 6.58. The van der Waals surface area contributed by atoms with Crippen LogP contribution in [0.2, 0.25) is 0 Å². The maximum absolute atomic E-state index is 13.3. The van der Waals surface area contributed by atoms with Gasteiger partial charge < -0.3 is 16.0 Å². The second kappa shape index (κ2) is 10.9. The van der Waals surface area contributed by atoms with Crippen molar-refractivity contribution in [3.63, 3.8) is 0 Å². The Hall–Kier alpha value is -2.75. The van der Waals surface area contributed by atoms with Gasteiger partial charge in [0.25, 0.3) is 0 Å². The van der Waals surface area contributed by atoms with Crippen molar-refractivity contribution < 1.29 is 18.0 Å². The molecule has 0 bridgehead atoms. The highest BCUT2D eigenvalue weighted by Crippen LogP contribution is 2.31. The summed E-state index contributed by atoms with van der Waals surface area (Å²) in [4.78, 5) is 26.0. The maximum Gasteiger partial charge on any atom is 0.243 e. The molecule has 1 saturated heterocycles. The van der Waals surface area contributed by atoms with Crippen LogP contribution >= 0.6 is 0 Å². The van der Waals surface area contributed by atoms with E-state index in [-0.39, 0.29) is 41.9 Å². The molecule has 1 aliphatic heterocycles. The van der Waals surface area contributed by atoms with E-state index in [4.69, 9.17) is 0 Å². The molecule has 2 aromatic carbocycles. The van der Waals surface area contributed by atoms with Crippen LogP contribution in [0.25, 0.3) is 0 Å². The number of amides is 2. The van der Waals surface area contributed by atoms with Gasteiger partial charge in [0.15, 0.2) is 0 Å². The van der Waals surface area contributed by atoms with Gasteiger partial charge in [-0.1, -0.05) is 35.9 Å². The Morgan fingerprint density at radius 2 is 1.86 bits per heavy atom. The molecule has 1 heterocycles. The summed E-state index contributed by atoms with van der Waals surface area (Å²) in [6, 6.07) is 11.7. The van der Waals surface area contributed by atoms with Crippen LogP contribution in [-0.2, 0) is 32.6 Å². The first-order chi connectivity index (χ1) is 17.4. The first kappa shape index (κ1) is 27.3. The van der Waals surface area contributed by atoms with Crippen LogP contribution in [0, 0.1) is 6.92 Å². The van der Waals surface area contributed by atoms with Gasteiger partial charge in [0.05, 0.1) is 17.4 Å². The van der Waals surface area contributed by atoms with Gasteiger partial charge in [-0.25, -0.2) is 8.42 Å². The van der Waals surface area contributed by atoms with Crippen LogP contribution in [-0.4, -0.2) is 49.2 Å². The fourth-order valence-electron chi connectivity index (χ4n) is 4.95. The number of nitrogens with zero attached hydrogens (tertiary/aromatic N) is 1. The van der Waals surface area contributed by atoms with Crippen molar-refractivity contribution in [3.8, 4) is 0 Å². The minimum Gasteiger partial charge on any atom is -0.353 e. The van der Waals surface area contributed by atoms with Gasteiger partial charge in [0.2, 0.25) is 21.8 Å². The number of aryl methyl sites for hydroxylation is 2. The number of benzene rings is 2. The number of hydrogen-bond donors (Lipinski definition) is 3. The van der Waals surface area contributed by atoms with E-state index in [1.54, 1.807) is 24.3 Å². The summed E-state index contributed by atoms with van der Waals surface area (Å²) in [5.74, 6) is -0.778. The lowest BCUT2D eigenvalue weighted by Gasteiger charge is -2.34. The van der Waals surface area contributed by atoms with Gasteiger partial charge in [0, 0.05) is 25.2 Å². The predicted molar refractivity (Wildman–Crippen MR) is 143 cm³/mol. The number of piperazine rings is 1. The molecule has 37 heavy (non-hydrogen) atoms. The van der Waals surface area contributed by atoms with E-state index in [2.05, 4.69) is 54.9 Å². The van der Waals surface area contributed by atoms with Gasteiger partial charge in [-0.05, 0) is 75.8 Å². The Morgan fingerprint density at radius 1 is 1.14 bits per heavy atom. The summed E-state index contributed by atoms with van der Waals surface area (Å²) >= 11 is 0. The topological polar surface area (TPSA) is 108 Å². The molecule has 1 fully saturated rings. The molecule has 3 N–H and O–H groups in total. The SMILES string of the molecule is Cc1ccc(S(=O)(=O)N2CCNC(=O)[C@H]2CC(=O)N[C@@H]2CCCc3cc(CNC(C)(C)C)ccc32)cc1. The average molecular weight is 527 g/mol. The molecule has 0 aromatic heterocycles. The van der Waals surface area contributed by atoms with Crippen molar-refractivity contribution >= 4 is 21.8 Å². The third-order valence-electron chi connectivity index (χ3n) is 6.97. The lowest BCUT2D eigenvalue weighted by molar-refractivity contribution is -0.132. The van der Waals surface area contributed by atoms with Crippen LogP contribution in [0.3, 0.4) is 0 Å². The highest BCUT2D eigenvalue weighted by Gasteiger charge is 2.40. The minimum atomic E-state index is -3.92. The van der Waals surface area contributed by atoms with E-state index in [0.29, 0.717) is 0 Å². The monoisotopic (exact) mass is 526 g/mol. The second-order valence-corrected chi connectivity index (χ2v) is 13.0. The number of fused-ring (bicyclic) bond motifs is 1. The molecular formula is C28H38N4O4S. The zero-order chi connectivity index (χ0) is 26.8. The standard InChI is InChI=1S/C28H38N4O4S/c1-19-8-11-22(12-9-19)37(35,36)32-15-14-29-27(34)25(32)17-26(33)31-24-7-5-6-21-16-20(10-13-23(21)24)18-30-28(2,3)4/h8-13,16,24-25,30H,5-7,14-15,17-18H2,1-4H3,(H,29,34)(H,31,33)/t24-,25-/m1/s1. The maximum atomic E-state index is 13.3. The van der Waals surface area contributed by atoms with Crippen molar-refractivity contribution in [3.05, 3.63) is 64.7 Å². The highest BCUT2D eigenvalue weighted by molar-refractivity contribution is 7.89. The minimum absolute atomic E-state index is 0.0264. The molecule has 2 amide bonds. The molecule has 200 valence electrons. The molecule has 0 radical (unpaired) electrons. The van der Waals surface area contributed by atoms with E-state index < -0.39 is 22.0 Å². The predicted octanol–water partition coefficient (Wildman–Crippen LogP) is 2.96. The molecule has 0 saturated carbocycles. The van der Waals surface area contributed by atoms with Crippen LogP contribution in [0.1, 0.15) is 68.3 Å². The summed E-state index contributed by atoms with van der Waals surface area (Å²) < 4.78 is 27.9. The number of nitrogens with one attached hydrogen (secondary N) is 3. The summed E-state index contributed by atoms with van der Waals surface area (Å²) in [7, 11) is -3.92. The number of carbonyl (C=O) groups is 2. The molecular weight excluding hydrogens is 488 g/mol.